The van der Waals surface area contributed by atoms with Crippen LogP contribution in [-0.4, -0.2) is 39.5 Å². The van der Waals surface area contributed by atoms with Gasteiger partial charge in [0.15, 0.2) is 0 Å². The monoisotopic (exact) mass is 106 g/mol. The Morgan fingerprint density at radius 3 is 2.57 bits per heavy atom. The summed E-state index contributed by atoms with van der Waals surface area (Å²) in [6.45, 7) is 1.92. The van der Waals surface area contributed by atoms with Gasteiger partial charge in [-0.05, 0) is 6.92 Å². The third-order valence-corrected chi connectivity index (χ3v) is 0.635. The van der Waals surface area contributed by atoms with E-state index in [1.54, 1.807) is 12.4 Å². The fourth-order valence-electron chi connectivity index (χ4n) is 0.344. The molecular formula is C4H7N2Na. The van der Waals surface area contributed by atoms with Crippen LogP contribution in [0, 0.1) is 6.92 Å². The van der Waals surface area contributed by atoms with E-state index >= 15 is 0 Å². The minimum atomic E-state index is 0. The van der Waals surface area contributed by atoms with Crippen molar-refractivity contribution in [3.63, 3.8) is 0 Å². The Bertz CT molecular complexity index is 113. The van der Waals surface area contributed by atoms with E-state index in [-0.39, 0.29) is 29.6 Å². The average Bonchev–Trinajstić information content (AvgIpc) is 1.86. The number of hydrogen-bond donors (Lipinski definition) is 1. The fourth-order valence-corrected chi connectivity index (χ4v) is 0.344. The zero-order valence-electron chi connectivity index (χ0n) is 3.60. The molecular weight excluding hydrogens is 99.0 g/mol. The molecule has 1 heterocycles. The summed E-state index contributed by atoms with van der Waals surface area (Å²) in [6, 6.07) is 0. The van der Waals surface area contributed by atoms with Crippen LogP contribution in [-0.2, 0) is 0 Å². The van der Waals surface area contributed by atoms with Crippen molar-refractivity contribution in [1.29, 1.82) is 0 Å². The summed E-state index contributed by atoms with van der Waals surface area (Å²) >= 11 is 0. The standard InChI is InChI=1S/C4H6N2.Na.H/c1-4-5-2-3-6-4;;/h2-3H,1H3,(H,5,6);;. The van der Waals surface area contributed by atoms with E-state index in [1.807, 2.05) is 6.92 Å². The van der Waals surface area contributed by atoms with E-state index in [4.69, 9.17) is 0 Å². The van der Waals surface area contributed by atoms with Crippen LogP contribution < -0.4 is 0 Å². The van der Waals surface area contributed by atoms with Gasteiger partial charge in [0.1, 0.15) is 5.82 Å². The van der Waals surface area contributed by atoms with Crippen LogP contribution in [0.25, 0.3) is 0 Å². The molecule has 1 aromatic heterocycles. The molecule has 1 N–H and O–H groups in total. The van der Waals surface area contributed by atoms with Crippen LogP contribution in [0.1, 0.15) is 5.82 Å². The van der Waals surface area contributed by atoms with Gasteiger partial charge in [0.05, 0.1) is 0 Å². The quantitative estimate of drug-likeness (QED) is 0.466. The van der Waals surface area contributed by atoms with Gasteiger partial charge in [-0.15, -0.1) is 0 Å². The molecule has 0 aliphatic rings. The molecule has 0 amide bonds. The summed E-state index contributed by atoms with van der Waals surface area (Å²) in [6.07, 6.45) is 3.53. The van der Waals surface area contributed by atoms with Crippen LogP contribution in [0.15, 0.2) is 12.4 Å². The second-order valence-electron chi connectivity index (χ2n) is 1.17. The number of aromatic amines is 1. The van der Waals surface area contributed by atoms with Crippen LogP contribution in [0.3, 0.4) is 0 Å². The molecule has 0 aliphatic carbocycles. The molecule has 0 fully saturated rings. The molecule has 0 saturated heterocycles. The predicted octanol–water partition coefficient (Wildman–Crippen LogP) is 0.0696. The van der Waals surface area contributed by atoms with Crippen LogP contribution >= 0.6 is 0 Å². The molecule has 0 spiro atoms. The first-order chi connectivity index (χ1) is 2.89. The maximum atomic E-state index is 3.86. The molecule has 7 heavy (non-hydrogen) atoms. The Balaban J connectivity index is 0.000000360. The van der Waals surface area contributed by atoms with Crippen molar-refractivity contribution in [3.8, 4) is 0 Å². The first-order valence-corrected chi connectivity index (χ1v) is 1.85. The predicted molar refractivity (Wildman–Crippen MR) is 30.5 cm³/mol. The molecule has 0 radical (unpaired) electrons. The van der Waals surface area contributed by atoms with E-state index in [0.717, 1.165) is 5.82 Å². The molecule has 0 bridgehead atoms. The van der Waals surface area contributed by atoms with E-state index < -0.39 is 0 Å². The van der Waals surface area contributed by atoms with Crippen molar-refractivity contribution < 1.29 is 0 Å². The topological polar surface area (TPSA) is 28.7 Å². The molecule has 0 aliphatic heterocycles. The number of aromatic nitrogens is 2. The normalized spacial score (nSPS) is 7.57. The fraction of sp³-hybridized carbons (Fsp3) is 0.250. The second-order valence-corrected chi connectivity index (χ2v) is 1.17. The van der Waals surface area contributed by atoms with Gasteiger partial charge >= 0.3 is 29.6 Å². The van der Waals surface area contributed by atoms with Crippen molar-refractivity contribution in [2.45, 2.75) is 6.92 Å². The Hall–Kier alpha value is 0.210. The van der Waals surface area contributed by atoms with E-state index in [1.165, 1.54) is 0 Å². The number of rotatable bonds is 0. The first kappa shape index (κ1) is 7.21. The molecule has 34 valence electrons. The van der Waals surface area contributed by atoms with Gasteiger partial charge in [0.25, 0.3) is 0 Å². The van der Waals surface area contributed by atoms with E-state index in [0.29, 0.717) is 0 Å². The van der Waals surface area contributed by atoms with Crippen LogP contribution in [0.5, 0.6) is 0 Å². The Labute approximate surface area is 64.6 Å². The maximum absolute atomic E-state index is 3.86. The number of nitrogens with zero attached hydrogens (tertiary/aromatic N) is 1. The first-order valence-electron chi connectivity index (χ1n) is 1.85. The summed E-state index contributed by atoms with van der Waals surface area (Å²) in [5.41, 5.74) is 0. The van der Waals surface area contributed by atoms with Crippen molar-refractivity contribution in [3.05, 3.63) is 18.2 Å². The van der Waals surface area contributed by atoms with E-state index in [2.05, 4.69) is 9.97 Å². The summed E-state index contributed by atoms with van der Waals surface area (Å²) in [7, 11) is 0. The molecule has 0 saturated carbocycles. The van der Waals surface area contributed by atoms with Gasteiger partial charge in [-0.2, -0.15) is 0 Å². The Morgan fingerprint density at radius 2 is 2.43 bits per heavy atom. The van der Waals surface area contributed by atoms with Gasteiger partial charge in [-0.25, -0.2) is 4.98 Å². The van der Waals surface area contributed by atoms with Gasteiger partial charge in [0.2, 0.25) is 0 Å². The summed E-state index contributed by atoms with van der Waals surface area (Å²) in [5.74, 6) is 0.968. The Kier molecular flexibility index (Phi) is 3.34. The molecule has 0 atom stereocenters. The number of aryl methyl sites for hydroxylation is 1. The Morgan fingerprint density at radius 1 is 1.71 bits per heavy atom. The number of hydrogen-bond acceptors (Lipinski definition) is 1. The summed E-state index contributed by atoms with van der Waals surface area (Å²) in [5, 5.41) is 0. The molecule has 1 aromatic rings. The van der Waals surface area contributed by atoms with Gasteiger partial charge in [-0.3, -0.25) is 0 Å². The SMILES string of the molecule is Cc1ncc[nH]1.[NaH]. The van der Waals surface area contributed by atoms with Gasteiger partial charge in [0, 0.05) is 12.4 Å². The van der Waals surface area contributed by atoms with Crippen LogP contribution in [0.4, 0.5) is 0 Å². The molecule has 2 nitrogen and oxygen atoms in total. The van der Waals surface area contributed by atoms with Crippen molar-refractivity contribution in [1.82, 2.24) is 9.97 Å². The van der Waals surface area contributed by atoms with Crippen molar-refractivity contribution >= 4 is 29.6 Å². The number of nitrogens with one attached hydrogen (secondary N) is 1. The van der Waals surface area contributed by atoms with Gasteiger partial charge in [-0.1, -0.05) is 0 Å². The summed E-state index contributed by atoms with van der Waals surface area (Å²) in [4.78, 5) is 6.75. The second kappa shape index (κ2) is 3.24. The third kappa shape index (κ3) is 2.12. The van der Waals surface area contributed by atoms with Gasteiger partial charge < -0.3 is 4.98 Å². The average molecular weight is 106 g/mol. The zero-order chi connectivity index (χ0) is 4.41. The molecule has 1 rings (SSSR count). The number of imidazole rings is 1. The third-order valence-electron chi connectivity index (χ3n) is 0.635. The molecule has 0 aromatic carbocycles. The zero-order valence-corrected chi connectivity index (χ0v) is 3.60. The minimum absolute atomic E-state index is 0. The molecule has 3 heteroatoms. The van der Waals surface area contributed by atoms with Crippen molar-refractivity contribution in [2.24, 2.45) is 0 Å². The van der Waals surface area contributed by atoms with E-state index in [9.17, 15) is 0 Å². The van der Waals surface area contributed by atoms with Crippen LogP contribution in [0.2, 0.25) is 0 Å². The van der Waals surface area contributed by atoms with Crippen molar-refractivity contribution in [2.75, 3.05) is 0 Å². The summed E-state index contributed by atoms with van der Waals surface area (Å²) < 4.78 is 0. The number of H-pyrrole nitrogens is 1. The molecule has 0 unspecified atom stereocenters.